The molecule has 6 atom stereocenters. The molecule has 22 nitrogen and oxygen atoms in total. The fraction of sp³-hybridized carbons (Fsp3) is 0.422. The monoisotopic (exact) mass is 997 g/mol. The van der Waals surface area contributed by atoms with E-state index >= 15 is 0 Å². The van der Waals surface area contributed by atoms with Crippen molar-refractivity contribution in [2.45, 2.75) is 43.5 Å². The lowest BCUT2D eigenvalue weighted by atomic mass is 9.92. The number of amides is 2. The first-order chi connectivity index (χ1) is 33.1. The third-order valence-electron chi connectivity index (χ3n) is 11.4. The van der Waals surface area contributed by atoms with E-state index in [4.69, 9.17) is 49.2 Å². The highest BCUT2D eigenvalue weighted by atomic mass is 35.5. The number of aliphatic hydroxyl groups is 4. The van der Waals surface area contributed by atoms with E-state index in [9.17, 15) is 38.4 Å². The van der Waals surface area contributed by atoms with Crippen LogP contribution in [0.15, 0.2) is 65.8 Å². The van der Waals surface area contributed by atoms with Crippen molar-refractivity contribution < 1.29 is 70.5 Å². The Kier molecular flexibility index (Phi) is 16.3. The van der Waals surface area contributed by atoms with Crippen molar-refractivity contribution in [3.05, 3.63) is 93.5 Å². The van der Waals surface area contributed by atoms with Crippen molar-refractivity contribution >= 4 is 61.2 Å². The Morgan fingerprint density at radius 1 is 0.986 bits per heavy atom. The Morgan fingerprint density at radius 2 is 1.77 bits per heavy atom. The molecule has 6 N–H and O–H groups in total. The summed E-state index contributed by atoms with van der Waals surface area (Å²) in [6, 6.07) is 15.2. The van der Waals surface area contributed by atoms with Gasteiger partial charge >= 0.3 is 10.4 Å². The number of azide groups is 1. The number of halogens is 1. The van der Waals surface area contributed by atoms with E-state index in [-0.39, 0.29) is 61.7 Å². The summed E-state index contributed by atoms with van der Waals surface area (Å²) in [6.45, 7) is 2.49. The molecule has 7 rings (SSSR count). The van der Waals surface area contributed by atoms with E-state index in [0.29, 0.717) is 57.6 Å². The largest absolute Gasteiger partial charge is 0.501 e. The molecule has 5 aromatic rings. The molecule has 0 unspecified atom stereocenters. The van der Waals surface area contributed by atoms with Crippen molar-refractivity contribution in [3.63, 3.8) is 0 Å². The first kappa shape index (κ1) is 50.8. The van der Waals surface area contributed by atoms with Crippen molar-refractivity contribution in [3.8, 4) is 28.7 Å². The lowest BCUT2D eigenvalue weighted by molar-refractivity contribution is -0.277. The van der Waals surface area contributed by atoms with Gasteiger partial charge in [0.25, 0.3) is 11.8 Å². The number of hydrogen-bond donors (Lipinski definition) is 6. The van der Waals surface area contributed by atoms with E-state index in [1.165, 1.54) is 24.1 Å². The third kappa shape index (κ3) is 11.3. The molecule has 0 aliphatic carbocycles. The molecule has 1 fully saturated rings. The zero-order valence-electron chi connectivity index (χ0n) is 37.9. The highest BCUT2D eigenvalue weighted by Gasteiger charge is 2.45. The second-order valence-corrected chi connectivity index (χ2v) is 17.8. The van der Waals surface area contributed by atoms with Gasteiger partial charge in [-0.1, -0.05) is 23.3 Å². The van der Waals surface area contributed by atoms with Gasteiger partial charge in [-0.05, 0) is 73.4 Å². The number of ether oxygens (including phenoxy) is 5. The Bertz CT molecular complexity index is 2840. The minimum Gasteiger partial charge on any atom is -0.493 e. The topological polar surface area (TPSA) is 297 Å². The number of H-pyrrole nitrogens is 1. The predicted octanol–water partition coefficient (Wildman–Crippen LogP) is 3.50. The summed E-state index contributed by atoms with van der Waals surface area (Å²) < 4.78 is 67.8. The normalized spacial score (nSPS) is 20.1. The molecule has 0 spiro atoms. The number of carbonyl (C=O) groups excluding carboxylic acids is 2. The average Bonchev–Trinajstić information content (AvgIpc) is 3.92. The highest BCUT2D eigenvalue weighted by Crippen LogP contribution is 2.48. The van der Waals surface area contributed by atoms with Gasteiger partial charge < -0.3 is 72.6 Å². The first-order valence-corrected chi connectivity index (χ1v) is 23.5. The number of methoxy groups -OCH3 is 1. The quantitative estimate of drug-likeness (QED) is 0.0202. The summed E-state index contributed by atoms with van der Waals surface area (Å²) in [4.78, 5) is 37.1. The van der Waals surface area contributed by atoms with E-state index in [2.05, 4.69) is 20.3 Å². The SMILES string of the molecule is COc1cc2[nH]c(C(=O)N3C[C@@H](CCl)c4c3cc(OS(=O)(=O)Oc3cc(C(=O)NCCOCCN=[N+]=[N-])ccc3O[C@@H]3O[C@H](CO)[C@H](O)[C@H](O)[C@H]3O)c3cccc(C)c43)cc2cc1OCCN(C)C. The van der Waals surface area contributed by atoms with E-state index < -0.39 is 71.0 Å². The van der Waals surface area contributed by atoms with Crippen LogP contribution in [0.3, 0.4) is 0 Å². The molecule has 69 heavy (non-hydrogen) atoms. The van der Waals surface area contributed by atoms with Crippen LogP contribution in [0, 0.1) is 6.92 Å². The minimum absolute atomic E-state index is 0.00690. The van der Waals surface area contributed by atoms with Crippen LogP contribution in [-0.2, 0) is 19.9 Å². The summed E-state index contributed by atoms with van der Waals surface area (Å²) in [5.74, 6) is -1.73. The van der Waals surface area contributed by atoms with Gasteiger partial charge in [-0.15, -0.1) is 20.0 Å². The van der Waals surface area contributed by atoms with Gasteiger partial charge in [-0.2, -0.15) is 0 Å². The number of fused-ring (bicyclic) bond motifs is 4. The van der Waals surface area contributed by atoms with Crippen molar-refractivity contribution in [1.29, 1.82) is 0 Å². The van der Waals surface area contributed by atoms with E-state index in [1.54, 1.807) is 30.3 Å². The standard InChI is InChI=1S/C45H52ClN7O15S/c1-24-6-5-7-28-33(20-31-39(38(24)28)27(21-46)22-53(31)44(59)30-16-26-18-35(64-15-12-52(2)3)34(62-4)19-29(26)50-30)67-69(60,61)68-36-17-25(43(58)48-10-13-63-14-11-49-51-47)8-9-32(36)65-45-42(57)41(56)40(55)37(23-54)66-45/h5-9,16-20,27,37,40-42,45,50,54-57H,10-15,21-23H2,1-4H3,(H,48,58)/t27-,37-,40+,41+,42-,45-/m1/s1. The molecule has 1 aromatic heterocycles. The Hall–Kier alpha value is -6.11. The fourth-order valence-corrected chi connectivity index (χ4v) is 9.01. The van der Waals surface area contributed by atoms with Crippen LogP contribution in [0.4, 0.5) is 5.69 Å². The molecule has 3 heterocycles. The van der Waals surface area contributed by atoms with E-state index in [0.717, 1.165) is 17.7 Å². The van der Waals surface area contributed by atoms with Gasteiger partial charge in [0.2, 0.25) is 6.29 Å². The van der Waals surface area contributed by atoms with Gasteiger partial charge in [0, 0.05) is 76.9 Å². The third-order valence-corrected chi connectivity index (χ3v) is 12.6. The molecule has 24 heteroatoms. The molecule has 2 aliphatic rings. The number of anilines is 1. The minimum atomic E-state index is -5.21. The maximum Gasteiger partial charge on any atom is 0.501 e. The number of aromatic nitrogens is 1. The van der Waals surface area contributed by atoms with Crippen LogP contribution in [0.25, 0.3) is 32.1 Å². The van der Waals surface area contributed by atoms with Crippen molar-refractivity contribution in [2.75, 3.05) is 84.6 Å². The van der Waals surface area contributed by atoms with Gasteiger partial charge in [0.15, 0.2) is 28.7 Å². The Morgan fingerprint density at radius 3 is 2.49 bits per heavy atom. The molecular formula is C45H52ClN7O15S. The molecule has 0 radical (unpaired) electrons. The first-order valence-electron chi connectivity index (χ1n) is 21.6. The number of aliphatic hydroxyl groups excluding tert-OH is 4. The van der Waals surface area contributed by atoms with Crippen LogP contribution in [0.2, 0.25) is 0 Å². The number of nitrogens with zero attached hydrogens (tertiary/aromatic N) is 5. The molecule has 2 aliphatic heterocycles. The summed E-state index contributed by atoms with van der Waals surface area (Å²) in [5, 5.41) is 48.8. The van der Waals surface area contributed by atoms with Crippen LogP contribution >= 0.6 is 11.6 Å². The van der Waals surface area contributed by atoms with Crippen LogP contribution in [0.5, 0.6) is 28.7 Å². The zero-order chi connectivity index (χ0) is 49.6. The molecule has 2 amide bonds. The molecular weight excluding hydrogens is 946 g/mol. The second-order valence-electron chi connectivity index (χ2n) is 16.4. The van der Waals surface area contributed by atoms with Crippen LogP contribution < -0.4 is 32.8 Å². The van der Waals surface area contributed by atoms with Gasteiger partial charge in [0.1, 0.15) is 36.7 Å². The number of rotatable bonds is 21. The van der Waals surface area contributed by atoms with Crippen molar-refractivity contribution in [2.24, 2.45) is 5.11 Å². The number of likely N-dealkylation sites (N-methyl/N-ethyl adjacent to an activating group) is 1. The molecule has 4 aromatic carbocycles. The predicted molar refractivity (Wildman–Crippen MR) is 251 cm³/mol. The molecule has 0 bridgehead atoms. The summed E-state index contributed by atoms with van der Waals surface area (Å²) >= 11 is 6.59. The number of carbonyl (C=O) groups is 2. The maximum absolute atomic E-state index is 14.6. The second kappa shape index (κ2) is 22.1. The van der Waals surface area contributed by atoms with Gasteiger partial charge in [-0.3, -0.25) is 9.59 Å². The van der Waals surface area contributed by atoms with Crippen molar-refractivity contribution in [1.82, 2.24) is 15.2 Å². The number of hydrogen-bond acceptors (Lipinski definition) is 17. The van der Waals surface area contributed by atoms with Crippen LogP contribution in [-0.4, -0.2) is 161 Å². The zero-order valence-corrected chi connectivity index (χ0v) is 39.5. The highest BCUT2D eigenvalue weighted by molar-refractivity contribution is 7.82. The number of alkyl halides is 1. The molecule has 370 valence electrons. The Labute approximate surface area is 401 Å². The number of benzene rings is 4. The number of aromatic amines is 1. The Balaban J connectivity index is 1.21. The van der Waals surface area contributed by atoms with Gasteiger partial charge in [0.05, 0.1) is 32.6 Å². The van der Waals surface area contributed by atoms with E-state index in [1.807, 2.05) is 32.0 Å². The summed E-state index contributed by atoms with van der Waals surface area (Å²) in [6.07, 6.45) is -8.62. The number of aryl methyl sites for hydroxylation is 1. The summed E-state index contributed by atoms with van der Waals surface area (Å²) in [5.41, 5.74) is 10.9. The molecule has 0 saturated carbocycles. The number of nitrogens with one attached hydrogen (secondary N) is 2. The smallest absolute Gasteiger partial charge is 0.493 e. The lowest BCUT2D eigenvalue weighted by Gasteiger charge is -2.39. The van der Waals surface area contributed by atoms with Gasteiger partial charge in [-0.25, -0.2) is 0 Å². The lowest BCUT2D eigenvalue weighted by Crippen LogP contribution is -2.60. The molecule has 1 saturated heterocycles. The fourth-order valence-electron chi connectivity index (χ4n) is 8.01. The summed E-state index contributed by atoms with van der Waals surface area (Å²) in [7, 11) is 0.173. The maximum atomic E-state index is 14.6. The average molecular weight is 998 g/mol. The van der Waals surface area contributed by atoms with Crippen LogP contribution in [0.1, 0.15) is 37.9 Å².